The van der Waals surface area contributed by atoms with Gasteiger partial charge >= 0.3 is 0 Å². The van der Waals surface area contributed by atoms with Crippen LogP contribution >= 0.6 is 11.6 Å². The highest BCUT2D eigenvalue weighted by molar-refractivity contribution is 7.89. The second kappa shape index (κ2) is 8.57. The fourth-order valence-corrected chi connectivity index (χ4v) is 3.40. The average molecular weight is 403 g/mol. The molecule has 1 amide bonds. The molecule has 0 aliphatic rings. The summed E-state index contributed by atoms with van der Waals surface area (Å²) in [4.78, 5) is 11.9. The summed E-state index contributed by atoms with van der Waals surface area (Å²) in [5.41, 5.74) is 0.140. The van der Waals surface area contributed by atoms with Crippen molar-refractivity contribution in [2.45, 2.75) is 24.3 Å². The lowest BCUT2D eigenvalue weighted by Crippen LogP contribution is -2.32. The Hall–Kier alpha value is -2.03. The number of carbonyl (C=O) groups excluding carboxylic acids is 1. The first kappa shape index (κ1) is 20.3. The third-order valence-corrected chi connectivity index (χ3v) is 5.30. The minimum Gasteiger partial charge on any atom is -0.349 e. The normalized spacial score (nSPS) is 12.6. The number of halogens is 3. The van der Waals surface area contributed by atoms with Gasteiger partial charge in [0.05, 0.1) is 10.9 Å². The maximum absolute atomic E-state index is 13.7. The van der Waals surface area contributed by atoms with Gasteiger partial charge in [0.2, 0.25) is 15.9 Å². The number of hydrogen-bond acceptors (Lipinski definition) is 3. The first-order valence-electron chi connectivity index (χ1n) is 7.68. The van der Waals surface area contributed by atoms with E-state index in [-0.39, 0.29) is 23.4 Å². The number of hydrogen-bond donors (Lipinski definition) is 2. The van der Waals surface area contributed by atoms with Crippen molar-refractivity contribution in [3.05, 3.63) is 64.7 Å². The Kier molecular flexibility index (Phi) is 6.69. The van der Waals surface area contributed by atoms with Crippen molar-refractivity contribution in [2.24, 2.45) is 0 Å². The molecule has 0 bridgehead atoms. The Morgan fingerprint density at radius 2 is 1.81 bits per heavy atom. The molecule has 0 fully saturated rings. The van der Waals surface area contributed by atoms with E-state index in [1.165, 1.54) is 30.3 Å². The molecule has 2 aromatic carbocycles. The molecule has 2 N–H and O–H groups in total. The summed E-state index contributed by atoms with van der Waals surface area (Å²) in [6.07, 6.45) is -0.139. The van der Waals surface area contributed by atoms with Crippen molar-refractivity contribution >= 4 is 27.5 Å². The van der Waals surface area contributed by atoms with Crippen molar-refractivity contribution in [3.63, 3.8) is 0 Å². The standard InChI is InChI=1S/C17H17ClF2N2O3S/c1-11(15-7-4-13(19)10-16(15)20)22-17(23)8-9-21-26(24,25)14-5-2-12(18)3-6-14/h2-7,10-11,21H,8-9H2,1H3,(H,22,23)/t11-/m1/s1. The van der Waals surface area contributed by atoms with E-state index in [1.54, 1.807) is 6.92 Å². The van der Waals surface area contributed by atoms with Gasteiger partial charge in [0.25, 0.3) is 0 Å². The summed E-state index contributed by atoms with van der Waals surface area (Å²) < 4.78 is 53.0. The lowest BCUT2D eigenvalue weighted by Gasteiger charge is -2.15. The van der Waals surface area contributed by atoms with Crippen LogP contribution in [0.1, 0.15) is 24.9 Å². The van der Waals surface area contributed by atoms with E-state index in [1.807, 2.05) is 0 Å². The van der Waals surface area contributed by atoms with E-state index in [4.69, 9.17) is 11.6 Å². The molecule has 2 aromatic rings. The summed E-state index contributed by atoms with van der Waals surface area (Å²) >= 11 is 5.71. The van der Waals surface area contributed by atoms with Crippen molar-refractivity contribution in [1.29, 1.82) is 0 Å². The lowest BCUT2D eigenvalue weighted by atomic mass is 10.1. The highest BCUT2D eigenvalue weighted by atomic mass is 35.5. The van der Waals surface area contributed by atoms with E-state index >= 15 is 0 Å². The molecule has 26 heavy (non-hydrogen) atoms. The van der Waals surface area contributed by atoms with Crippen LogP contribution in [0.4, 0.5) is 8.78 Å². The van der Waals surface area contributed by atoms with Gasteiger partial charge in [-0.05, 0) is 37.3 Å². The van der Waals surface area contributed by atoms with Crippen LogP contribution < -0.4 is 10.0 Å². The summed E-state index contributed by atoms with van der Waals surface area (Å²) in [5, 5.41) is 2.94. The molecule has 0 heterocycles. The molecular weight excluding hydrogens is 386 g/mol. The lowest BCUT2D eigenvalue weighted by molar-refractivity contribution is -0.121. The topological polar surface area (TPSA) is 75.3 Å². The number of amides is 1. The van der Waals surface area contributed by atoms with Gasteiger partial charge in [-0.3, -0.25) is 4.79 Å². The van der Waals surface area contributed by atoms with Crippen LogP contribution in [-0.2, 0) is 14.8 Å². The highest BCUT2D eigenvalue weighted by Crippen LogP contribution is 2.18. The number of rotatable bonds is 7. The number of sulfonamides is 1. The molecule has 2 rings (SSSR count). The summed E-state index contributed by atoms with van der Waals surface area (Å²) in [7, 11) is -3.76. The van der Waals surface area contributed by atoms with Crippen molar-refractivity contribution < 1.29 is 22.0 Å². The fraction of sp³-hybridized carbons (Fsp3) is 0.235. The molecule has 0 unspecified atom stereocenters. The van der Waals surface area contributed by atoms with Gasteiger partial charge in [0, 0.05) is 29.6 Å². The first-order valence-corrected chi connectivity index (χ1v) is 9.54. The quantitative estimate of drug-likeness (QED) is 0.747. The predicted molar refractivity (Wildman–Crippen MR) is 94.2 cm³/mol. The van der Waals surface area contributed by atoms with Crippen molar-refractivity contribution in [3.8, 4) is 0 Å². The third kappa shape index (κ3) is 5.48. The maximum atomic E-state index is 13.7. The Balaban J connectivity index is 1.87. The summed E-state index contributed by atoms with van der Waals surface area (Å²) in [5.74, 6) is -1.94. The maximum Gasteiger partial charge on any atom is 0.240 e. The molecule has 0 aromatic heterocycles. The van der Waals surface area contributed by atoms with E-state index in [0.29, 0.717) is 5.02 Å². The Morgan fingerprint density at radius 3 is 2.42 bits per heavy atom. The average Bonchev–Trinajstić information content (AvgIpc) is 2.54. The zero-order valence-corrected chi connectivity index (χ0v) is 15.4. The van der Waals surface area contributed by atoms with Crippen LogP contribution in [0, 0.1) is 11.6 Å². The summed E-state index contributed by atoms with van der Waals surface area (Å²) in [6, 6.07) is 7.99. The smallest absolute Gasteiger partial charge is 0.240 e. The van der Waals surface area contributed by atoms with Gasteiger partial charge in [-0.2, -0.15) is 0 Å². The first-order chi connectivity index (χ1) is 12.2. The number of carbonyl (C=O) groups is 1. The highest BCUT2D eigenvalue weighted by Gasteiger charge is 2.16. The molecule has 0 aliphatic heterocycles. The molecule has 0 spiro atoms. The van der Waals surface area contributed by atoms with Crippen molar-refractivity contribution in [2.75, 3.05) is 6.54 Å². The molecule has 5 nitrogen and oxygen atoms in total. The largest absolute Gasteiger partial charge is 0.349 e. The number of benzene rings is 2. The third-order valence-electron chi connectivity index (χ3n) is 3.57. The van der Waals surface area contributed by atoms with E-state index in [2.05, 4.69) is 10.0 Å². The van der Waals surface area contributed by atoms with Gasteiger partial charge in [-0.1, -0.05) is 17.7 Å². The van der Waals surface area contributed by atoms with Gasteiger partial charge in [0.15, 0.2) is 0 Å². The Morgan fingerprint density at radius 1 is 1.15 bits per heavy atom. The molecule has 1 atom stereocenters. The zero-order valence-electron chi connectivity index (χ0n) is 13.8. The SMILES string of the molecule is C[C@@H](NC(=O)CCNS(=O)(=O)c1ccc(Cl)cc1)c1ccc(F)cc1F. The van der Waals surface area contributed by atoms with Gasteiger partial charge in [-0.15, -0.1) is 0 Å². The molecule has 0 aliphatic carbocycles. The van der Waals surface area contributed by atoms with Gasteiger partial charge in [-0.25, -0.2) is 21.9 Å². The van der Waals surface area contributed by atoms with Crippen LogP contribution in [0.25, 0.3) is 0 Å². The second-order valence-electron chi connectivity index (χ2n) is 5.56. The van der Waals surface area contributed by atoms with Crippen molar-refractivity contribution in [1.82, 2.24) is 10.0 Å². The Bertz CT molecular complexity index is 889. The van der Waals surface area contributed by atoms with Crippen LogP contribution in [0.5, 0.6) is 0 Å². The molecule has 0 saturated heterocycles. The predicted octanol–water partition coefficient (Wildman–Crippen LogP) is 3.16. The van der Waals surface area contributed by atoms with E-state index in [9.17, 15) is 22.0 Å². The number of nitrogens with one attached hydrogen (secondary N) is 2. The molecule has 0 saturated carbocycles. The van der Waals surface area contributed by atoms with Gasteiger partial charge in [0.1, 0.15) is 11.6 Å². The van der Waals surface area contributed by atoms with Gasteiger partial charge < -0.3 is 5.32 Å². The Labute approximate surface area is 155 Å². The fourth-order valence-electron chi connectivity index (χ4n) is 2.24. The van der Waals surface area contributed by atoms with Crippen LogP contribution in [0.2, 0.25) is 5.02 Å². The minimum atomic E-state index is -3.76. The van der Waals surface area contributed by atoms with Crippen LogP contribution in [0.15, 0.2) is 47.4 Å². The zero-order chi connectivity index (χ0) is 19.3. The second-order valence-corrected chi connectivity index (χ2v) is 7.76. The monoisotopic (exact) mass is 402 g/mol. The van der Waals surface area contributed by atoms with Crippen LogP contribution in [-0.4, -0.2) is 20.9 Å². The molecule has 9 heteroatoms. The summed E-state index contributed by atoms with van der Waals surface area (Å²) in [6.45, 7) is 1.42. The molecular formula is C17H17ClF2N2O3S. The molecule has 0 radical (unpaired) electrons. The minimum absolute atomic E-state index is 0.0315. The van der Waals surface area contributed by atoms with E-state index in [0.717, 1.165) is 12.1 Å². The van der Waals surface area contributed by atoms with E-state index < -0.39 is 33.6 Å². The molecule has 140 valence electrons. The van der Waals surface area contributed by atoms with Crippen LogP contribution in [0.3, 0.4) is 0 Å².